The topological polar surface area (TPSA) is 84.7 Å². The summed E-state index contributed by atoms with van der Waals surface area (Å²) < 4.78 is 63.8. The van der Waals surface area contributed by atoms with E-state index in [2.05, 4.69) is 37.6 Å². The summed E-state index contributed by atoms with van der Waals surface area (Å²) in [7, 11) is -2.96. The largest absolute Gasteiger partial charge is 0.355 e. The van der Waals surface area contributed by atoms with Crippen LogP contribution in [0.25, 0.3) is 5.65 Å². The highest BCUT2D eigenvalue weighted by atomic mass is 127. The van der Waals surface area contributed by atoms with Crippen LogP contribution in [0, 0.1) is 15.3 Å². The maximum absolute atomic E-state index is 14.1. The summed E-state index contributed by atoms with van der Waals surface area (Å²) in [6.45, 7) is 0. The molecule has 0 fully saturated rings. The summed E-state index contributed by atoms with van der Waals surface area (Å²) in [5.74, 6) is -2.07. The van der Waals surface area contributed by atoms with Crippen molar-refractivity contribution < 1.29 is 21.9 Å². The summed E-state index contributed by atoms with van der Waals surface area (Å²) in [5.41, 5.74) is -0.0166. The first-order valence-corrected chi connectivity index (χ1v) is 11.1. The lowest BCUT2D eigenvalue weighted by Crippen LogP contribution is -2.49. The van der Waals surface area contributed by atoms with E-state index in [1.165, 1.54) is 13.2 Å². The Morgan fingerprint density at radius 1 is 1.27 bits per heavy atom. The molecule has 0 bridgehead atoms. The minimum absolute atomic E-state index is 0.102. The third kappa shape index (κ3) is 3.46. The van der Waals surface area contributed by atoms with Crippen LogP contribution in [0.2, 0.25) is 0 Å². The number of pyridine rings is 1. The molecule has 11 heteroatoms. The van der Waals surface area contributed by atoms with Crippen molar-refractivity contribution in [2.45, 2.75) is 10.6 Å². The number of halogens is 3. The van der Waals surface area contributed by atoms with Gasteiger partial charge in [0, 0.05) is 24.9 Å². The van der Waals surface area contributed by atoms with Crippen molar-refractivity contribution in [3.8, 4) is 0 Å². The molecule has 1 atom stereocenters. The number of fused-ring (bicyclic) bond motifs is 1. The number of benzene rings is 1. The molecule has 0 saturated heterocycles. The number of nitrogens with zero attached hydrogens (tertiary/aromatic N) is 2. The van der Waals surface area contributed by atoms with E-state index >= 15 is 0 Å². The van der Waals surface area contributed by atoms with Crippen molar-refractivity contribution in [1.82, 2.24) is 19.4 Å². The molecule has 1 aliphatic heterocycles. The van der Waals surface area contributed by atoms with Gasteiger partial charge in [-0.15, -0.1) is 0 Å². The van der Waals surface area contributed by atoms with E-state index in [0.717, 1.165) is 15.8 Å². The number of methoxy groups -OCH3 is 1. The molecule has 156 valence electrons. The monoisotopic (exact) mass is 544 g/mol. The van der Waals surface area contributed by atoms with Crippen molar-refractivity contribution in [3.63, 3.8) is 0 Å². The molecular weight excluding hydrogens is 529 g/mol. The minimum Gasteiger partial charge on any atom is -0.355 e. The summed E-state index contributed by atoms with van der Waals surface area (Å²) in [5, 5.41) is 3.03. The second-order valence-electron chi connectivity index (χ2n) is 6.38. The van der Waals surface area contributed by atoms with Gasteiger partial charge in [0.2, 0.25) is 5.72 Å². The van der Waals surface area contributed by atoms with E-state index in [0.29, 0.717) is 17.3 Å². The van der Waals surface area contributed by atoms with E-state index < -0.39 is 32.3 Å². The molecule has 3 heterocycles. The van der Waals surface area contributed by atoms with Gasteiger partial charge in [0.1, 0.15) is 25.9 Å². The maximum Gasteiger partial charge on any atom is 0.264 e. The number of hydrogen-bond donors (Lipinski definition) is 2. The van der Waals surface area contributed by atoms with Gasteiger partial charge in [-0.2, -0.15) is 0 Å². The second-order valence-corrected chi connectivity index (χ2v) is 9.13. The highest BCUT2D eigenvalue weighted by Gasteiger charge is 2.40. The highest BCUT2D eigenvalue weighted by molar-refractivity contribution is 14.1. The van der Waals surface area contributed by atoms with Crippen LogP contribution >= 0.6 is 22.6 Å². The Balaban J connectivity index is 1.79. The van der Waals surface area contributed by atoms with Crippen molar-refractivity contribution in [2.75, 3.05) is 7.11 Å². The SMILES string of the molecule is CO[C@]1(c2ccc3ncc(I)n3c2)NC=CC=C1NS(=O)(=O)c1ccc(F)cc1F. The lowest BCUT2D eigenvalue weighted by atomic mass is 9.99. The number of allylic oxidation sites excluding steroid dienone is 2. The number of ether oxygens (including phenoxy) is 1. The van der Waals surface area contributed by atoms with Gasteiger partial charge in [-0.3, -0.25) is 9.12 Å². The first-order valence-electron chi connectivity index (χ1n) is 8.58. The molecule has 2 aromatic heterocycles. The van der Waals surface area contributed by atoms with Crippen LogP contribution in [0.4, 0.5) is 8.78 Å². The molecule has 0 amide bonds. The molecule has 0 saturated carbocycles. The van der Waals surface area contributed by atoms with Crippen LogP contribution in [-0.4, -0.2) is 24.9 Å². The van der Waals surface area contributed by atoms with Gasteiger partial charge in [0.15, 0.2) is 0 Å². The average molecular weight is 544 g/mol. The van der Waals surface area contributed by atoms with Gasteiger partial charge in [0.25, 0.3) is 10.0 Å². The third-order valence-electron chi connectivity index (χ3n) is 4.63. The number of dihydropyridines is 1. The Hall–Kier alpha value is -2.51. The number of aromatic nitrogens is 2. The quantitative estimate of drug-likeness (QED) is 0.483. The summed E-state index contributed by atoms with van der Waals surface area (Å²) >= 11 is 2.13. The Kier molecular flexibility index (Phi) is 5.28. The Labute approximate surface area is 184 Å². The van der Waals surface area contributed by atoms with Crippen LogP contribution in [0.15, 0.2) is 71.7 Å². The molecule has 4 rings (SSSR count). The molecule has 30 heavy (non-hydrogen) atoms. The van der Waals surface area contributed by atoms with Gasteiger partial charge >= 0.3 is 0 Å². The van der Waals surface area contributed by atoms with E-state index in [-0.39, 0.29) is 5.70 Å². The average Bonchev–Trinajstić information content (AvgIpc) is 3.08. The lowest BCUT2D eigenvalue weighted by Gasteiger charge is -2.37. The first kappa shape index (κ1) is 20.8. The van der Waals surface area contributed by atoms with Crippen LogP contribution in [0.3, 0.4) is 0 Å². The molecule has 0 spiro atoms. The summed E-state index contributed by atoms with van der Waals surface area (Å²) in [6, 6.07) is 5.77. The summed E-state index contributed by atoms with van der Waals surface area (Å²) in [6.07, 6.45) is 8.14. The number of rotatable bonds is 5. The van der Waals surface area contributed by atoms with Crippen molar-refractivity contribution in [1.29, 1.82) is 0 Å². The second kappa shape index (κ2) is 7.63. The molecule has 0 unspecified atom stereocenters. The van der Waals surface area contributed by atoms with Crippen molar-refractivity contribution >= 4 is 38.3 Å². The molecule has 0 aliphatic carbocycles. The number of nitrogens with one attached hydrogen (secondary N) is 2. The smallest absolute Gasteiger partial charge is 0.264 e. The predicted molar refractivity (Wildman–Crippen MR) is 114 cm³/mol. The molecule has 0 radical (unpaired) electrons. The van der Waals surface area contributed by atoms with E-state index in [9.17, 15) is 17.2 Å². The standard InChI is InChI=1S/C19H15F2IN4O3S/c1-29-19(12-4-7-18-23-10-17(22)26(18)11-12)16(3-2-8-24-19)25-30(27,28)15-6-5-13(20)9-14(15)21/h2-11,24-25H,1H3/t19-/m0/s1. The zero-order valence-electron chi connectivity index (χ0n) is 15.4. The molecule has 7 nitrogen and oxygen atoms in total. The molecular formula is C19H15F2IN4O3S. The van der Waals surface area contributed by atoms with Crippen molar-refractivity contribution in [3.05, 3.63) is 87.7 Å². The van der Waals surface area contributed by atoms with Crippen LogP contribution in [-0.2, 0) is 20.5 Å². The fourth-order valence-electron chi connectivity index (χ4n) is 3.19. The van der Waals surface area contributed by atoms with Gasteiger partial charge < -0.3 is 10.1 Å². The third-order valence-corrected chi connectivity index (χ3v) is 6.82. The Morgan fingerprint density at radius 2 is 2.07 bits per heavy atom. The Bertz CT molecular complexity index is 1310. The van der Waals surface area contributed by atoms with Crippen molar-refractivity contribution in [2.24, 2.45) is 0 Å². The van der Waals surface area contributed by atoms with E-state index in [1.807, 2.05) is 4.40 Å². The van der Waals surface area contributed by atoms with E-state index in [4.69, 9.17) is 4.74 Å². The normalized spacial score (nSPS) is 18.9. The van der Waals surface area contributed by atoms with Crippen LogP contribution < -0.4 is 10.0 Å². The zero-order chi connectivity index (χ0) is 21.5. The number of sulfonamides is 1. The number of hydrogen-bond acceptors (Lipinski definition) is 5. The Morgan fingerprint density at radius 3 is 2.80 bits per heavy atom. The fourth-order valence-corrected chi connectivity index (χ4v) is 4.89. The first-order chi connectivity index (χ1) is 14.3. The highest BCUT2D eigenvalue weighted by Crippen LogP contribution is 2.33. The zero-order valence-corrected chi connectivity index (χ0v) is 18.4. The van der Waals surface area contributed by atoms with Crippen LogP contribution in [0.1, 0.15) is 5.56 Å². The maximum atomic E-state index is 14.1. The molecule has 3 aromatic rings. The van der Waals surface area contributed by atoms with Gasteiger partial charge in [-0.1, -0.05) is 0 Å². The van der Waals surface area contributed by atoms with E-state index in [1.54, 1.807) is 36.8 Å². The van der Waals surface area contributed by atoms with Crippen LogP contribution in [0.5, 0.6) is 0 Å². The minimum atomic E-state index is -4.37. The predicted octanol–water partition coefficient (Wildman–Crippen LogP) is 3.00. The molecule has 1 aromatic carbocycles. The fraction of sp³-hybridized carbons (Fsp3) is 0.105. The summed E-state index contributed by atoms with van der Waals surface area (Å²) in [4.78, 5) is 3.59. The lowest BCUT2D eigenvalue weighted by molar-refractivity contribution is -0.00529. The molecule has 1 aliphatic rings. The van der Waals surface area contributed by atoms with Gasteiger partial charge in [-0.05, 0) is 65.2 Å². The van der Waals surface area contributed by atoms with Gasteiger partial charge in [-0.25, -0.2) is 22.2 Å². The molecule has 2 N–H and O–H groups in total. The van der Waals surface area contributed by atoms with Gasteiger partial charge in [0.05, 0.1) is 11.9 Å². The number of imidazole rings is 1.